The average molecular weight is 276 g/mol. The largest absolute Gasteiger partial charge is 0.374 e. The minimum absolute atomic E-state index is 0.167. The van der Waals surface area contributed by atoms with Gasteiger partial charge in [-0.15, -0.1) is 0 Å². The first-order valence-electron chi connectivity index (χ1n) is 8.04. The number of fused-ring (bicyclic) bond motifs is 3. The molecule has 21 heavy (non-hydrogen) atoms. The molecule has 3 unspecified atom stereocenters. The Morgan fingerprint density at radius 1 is 1.38 bits per heavy atom. The van der Waals surface area contributed by atoms with Gasteiger partial charge in [-0.2, -0.15) is 0 Å². The van der Waals surface area contributed by atoms with Crippen LogP contribution in [0.1, 0.15) is 25.3 Å². The summed E-state index contributed by atoms with van der Waals surface area (Å²) in [5, 5.41) is 0. The smallest absolute Gasteiger partial charge is 0.0675 e. The molecule has 2 heteroatoms. The molecule has 1 aromatic carbocycles. The van der Waals surface area contributed by atoms with Gasteiger partial charge in [0.2, 0.25) is 0 Å². The number of hydrogen-bond donors (Lipinski definition) is 0. The van der Waals surface area contributed by atoms with Crippen LogP contribution in [-0.2, 0) is 5.41 Å². The van der Waals surface area contributed by atoms with Gasteiger partial charge in [-0.3, -0.25) is 4.99 Å². The maximum atomic E-state index is 5.04. The van der Waals surface area contributed by atoms with Crippen molar-refractivity contribution < 1.29 is 0 Å². The van der Waals surface area contributed by atoms with Crippen LogP contribution in [0.3, 0.4) is 0 Å². The molecule has 3 fully saturated rings. The van der Waals surface area contributed by atoms with Gasteiger partial charge in [0.25, 0.3) is 0 Å². The predicted octanol–water partition coefficient (Wildman–Crippen LogP) is 3.83. The molecule has 106 valence electrons. The van der Waals surface area contributed by atoms with Gasteiger partial charge in [-0.25, -0.2) is 0 Å². The maximum Gasteiger partial charge on any atom is 0.0675 e. The lowest BCUT2D eigenvalue weighted by atomic mass is 9.53. The monoisotopic (exact) mass is 276 g/mol. The van der Waals surface area contributed by atoms with Crippen molar-refractivity contribution in [3.8, 4) is 0 Å². The molecule has 0 aromatic heterocycles. The van der Waals surface area contributed by atoms with Crippen molar-refractivity contribution >= 4 is 11.4 Å². The summed E-state index contributed by atoms with van der Waals surface area (Å²) in [6.45, 7) is 9.00. The topological polar surface area (TPSA) is 15.6 Å². The third-order valence-corrected chi connectivity index (χ3v) is 6.22. The highest BCUT2D eigenvalue weighted by Crippen LogP contribution is 2.60. The third-order valence-electron chi connectivity index (χ3n) is 6.22. The van der Waals surface area contributed by atoms with E-state index in [2.05, 4.69) is 48.7 Å². The van der Waals surface area contributed by atoms with Crippen molar-refractivity contribution in [1.29, 1.82) is 0 Å². The summed E-state index contributed by atoms with van der Waals surface area (Å²) in [6, 6.07) is 8.77. The molecule has 1 spiro atoms. The van der Waals surface area contributed by atoms with E-state index in [9.17, 15) is 0 Å². The van der Waals surface area contributed by atoms with E-state index in [0.29, 0.717) is 11.8 Å². The molecule has 5 rings (SSSR count). The predicted molar refractivity (Wildman–Crippen MR) is 85.9 cm³/mol. The molecule has 0 N–H and O–H groups in total. The number of rotatable bonds is 0. The fourth-order valence-electron chi connectivity index (χ4n) is 5.35. The molecule has 2 nitrogen and oxygen atoms in total. The van der Waals surface area contributed by atoms with Crippen molar-refractivity contribution in [3.05, 3.63) is 53.8 Å². The first-order chi connectivity index (χ1) is 10.3. The molecule has 3 aliphatic heterocycles. The van der Waals surface area contributed by atoms with Crippen LogP contribution in [0, 0.1) is 11.8 Å². The van der Waals surface area contributed by atoms with Gasteiger partial charge >= 0.3 is 0 Å². The quantitative estimate of drug-likeness (QED) is 0.703. The molecule has 3 heterocycles. The second-order valence-corrected chi connectivity index (χ2v) is 6.87. The number of aliphatic imine (C=N–C) groups is 1. The highest BCUT2D eigenvalue weighted by Gasteiger charge is 2.59. The minimum atomic E-state index is 0.167. The standard InChI is InChI=1S/C19H20N2/c1-3-17-14-10-13-11-21(17)9-8-19(13)15-6-4-5-7-16(15)20-18(19)12(14)2/h3-7,13-14H,2,8-11H2,1H3. The van der Waals surface area contributed by atoms with Crippen molar-refractivity contribution in [1.82, 2.24) is 4.90 Å². The van der Waals surface area contributed by atoms with E-state index in [1.54, 1.807) is 0 Å². The van der Waals surface area contributed by atoms with Gasteiger partial charge < -0.3 is 4.90 Å². The van der Waals surface area contributed by atoms with Crippen molar-refractivity contribution in [3.63, 3.8) is 0 Å². The van der Waals surface area contributed by atoms with Crippen LogP contribution in [0.4, 0.5) is 5.69 Å². The number of piperidine rings is 2. The lowest BCUT2D eigenvalue weighted by Crippen LogP contribution is -2.61. The summed E-state index contributed by atoms with van der Waals surface area (Å²) in [6.07, 6.45) is 4.74. The molecule has 0 radical (unpaired) electrons. The van der Waals surface area contributed by atoms with E-state index in [1.807, 2.05) is 0 Å². The Hall–Kier alpha value is -1.83. The number of nitrogens with zero attached hydrogens (tertiary/aromatic N) is 2. The van der Waals surface area contributed by atoms with Gasteiger partial charge in [0.05, 0.1) is 11.4 Å². The van der Waals surface area contributed by atoms with Crippen LogP contribution < -0.4 is 0 Å². The number of hydrogen-bond acceptors (Lipinski definition) is 2. The Kier molecular flexibility index (Phi) is 2.06. The van der Waals surface area contributed by atoms with Crippen molar-refractivity contribution in [2.45, 2.75) is 25.2 Å². The lowest BCUT2D eigenvalue weighted by Gasteiger charge is -2.58. The molecule has 3 bridgehead atoms. The second-order valence-electron chi connectivity index (χ2n) is 6.87. The minimum Gasteiger partial charge on any atom is -0.374 e. The highest BCUT2D eigenvalue weighted by molar-refractivity contribution is 6.14. The lowest BCUT2D eigenvalue weighted by molar-refractivity contribution is 0.0861. The van der Waals surface area contributed by atoms with Gasteiger partial charge in [-0.1, -0.05) is 30.9 Å². The van der Waals surface area contributed by atoms with Gasteiger partial charge in [0.1, 0.15) is 0 Å². The van der Waals surface area contributed by atoms with Crippen molar-refractivity contribution in [2.75, 3.05) is 13.1 Å². The molecule has 0 amide bonds. The van der Waals surface area contributed by atoms with Gasteiger partial charge in [0, 0.05) is 30.1 Å². The zero-order valence-electron chi connectivity index (χ0n) is 12.5. The molecule has 4 aliphatic rings. The molecule has 3 atom stereocenters. The number of allylic oxidation sites excluding steroid dienone is 2. The van der Waals surface area contributed by atoms with E-state index in [1.165, 1.54) is 47.6 Å². The molecule has 2 saturated heterocycles. The second kappa shape index (κ2) is 3.68. The van der Waals surface area contributed by atoms with Crippen molar-refractivity contribution in [2.24, 2.45) is 16.8 Å². The first-order valence-corrected chi connectivity index (χ1v) is 8.04. The van der Waals surface area contributed by atoms with Crippen LogP contribution >= 0.6 is 0 Å². The summed E-state index contributed by atoms with van der Waals surface area (Å²) in [5.74, 6) is 1.20. The number of benzene rings is 1. The molecular formula is C19H20N2. The third kappa shape index (κ3) is 1.19. The Bertz CT molecular complexity index is 727. The molecular weight excluding hydrogens is 256 g/mol. The zero-order valence-corrected chi connectivity index (χ0v) is 12.5. The first kappa shape index (κ1) is 11.8. The molecule has 1 aromatic rings. The fourth-order valence-corrected chi connectivity index (χ4v) is 5.35. The van der Waals surface area contributed by atoms with Gasteiger partial charge in [0.15, 0.2) is 0 Å². The number of para-hydroxylation sites is 1. The van der Waals surface area contributed by atoms with Crippen LogP contribution in [0.5, 0.6) is 0 Å². The Morgan fingerprint density at radius 2 is 2.24 bits per heavy atom. The maximum absolute atomic E-state index is 5.04. The summed E-state index contributed by atoms with van der Waals surface area (Å²) in [4.78, 5) is 7.65. The van der Waals surface area contributed by atoms with E-state index in [-0.39, 0.29) is 5.41 Å². The van der Waals surface area contributed by atoms with Crippen LogP contribution in [0.15, 0.2) is 53.2 Å². The summed E-state index contributed by atoms with van der Waals surface area (Å²) >= 11 is 0. The summed E-state index contributed by atoms with van der Waals surface area (Å²) in [5.41, 5.74) is 6.90. The zero-order chi connectivity index (χ0) is 14.2. The van der Waals surface area contributed by atoms with Gasteiger partial charge in [-0.05, 0) is 42.9 Å². The van der Waals surface area contributed by atoms with E-state index < -0.39 is 0 Å². The van der Waals surface area contributed by atoms with E-state index in [0.717, 1.165) is 6.54 Å². The SMILES string of the molecule is C=C1C2=Nc3ccccc3C23CCN2CC3CC1C2=CC. The summed E-state index contributed by atoms with van der Waals surface area (Å²) in [7, 11) is 0. The normalized spacial score (nSPS) is 37.6. The Balaban J connectivity index is 1.78. The average Bonchev–Trinajstić information content (AvgIpc) is 2.85. The van der Waals surface area contributed by atoms with E-state index >= 15 is 0 Å². The van der Waals surface area contributed by atoms with Crippen LogP contribution in [0.2, 0.25) is 0 Å². The molecule has 1 saturated carbocycles. The highest BCUT2D eigenvalue weighted by atomic mass is 15.2. The Labute approximate surface area is 125 Å². The molecule has 1 aliphatic carbocycles. The Morgan fingerprint density at radius 3 is 3.10 bits per heavy atom. The van der Waals surface area contributed by atoms with Crippen LogP contribution in [0.25, 0.3) is 0 Å². The van der Waals surface area contributed by atoms with E-state index in [4.69, 9.17) is 4.99 Å². The fraction of sp³-hybridized carbons (Fsp3) is 0.421. The summed E-state index contributed by atoms with van der Waals surface area (Å²) < 4.78 is 0. The van der Waals surface area contributed by atoms with Crippen LogP contribution in [-0.4, -0.2) is 23.7 Å².